The number of thioether (sulfide) groups is 1. The first-order chi connectivity index (χ1) is 15.0. The summed E-state index contributed by atoms with van der Waals surface area (Å²) in [4.78, 5) is 28.4. The summed E-state index contributed by atoms with van der Waals surface area (Å²) in [6.45, 7) is 6.26. The van der Waals surface area contributed by atoms with Gasteiger partial charge in [-0.05, 0) is 43.4 Å². The van der Waals surface area contributed by atoms with Gasteiger partial charge < -0.3 is 14.8 Å². The van der Waals surface area contributed by atoms with Crippen LogP contribution >= 0.6 is 11.8 Å². The van der Waals surface area contributed by atoms with Crippen LogP contribution in [0.3, 0.4) is 0 Å². The van der Waals surface area contributed by atoms with Crippen molar-refractivity contribution in [3.05, 3.63) is 60.3 Å². The van der Waals surface area contributed by atoms with Gasteiger partial charge >= 0.3 is 0 Å². The van der Waals surface area contributed by atoms with Gasteiger partial charge in [-0.3, -0.25) is 9.59 Å². The molecule has 162 valence electrons. The Bertz CT molecular complexity index is 1080. The van der Waals surface area contributed by atoms with Crippen molar-refractivity contribution in [2.24, 2.45) is 5.92 Å². The molecule has 1 aliphatic heterocycles. The fourth-order valence-electron chi connectivity index (χ4n) is 4.01. The van der Waals surface area contributed by atoms with Crippen molar-refractivity contribution in [1.82, 2.24) is 9.47 Å². The van der Waals surface area contributed by atoms with Gasteiger partial charge in [-0.2, -0.15) is 0 Å². The first-order valence-corrected chi connectivity index (χ1v) is 11.8. The molecule has 31 heavy (non-hydrogen) atoms. The van der Waals surface area contributed by atoms with E-state index in [0.717, 1.165) is 53.0 Å². The Morgan fingerprint density at radius 1 is 1.06 bits per heavy atom. The number of aryl methyl sites for hydroxylation is 1. The maximum absolute atomic E-state index is 12.9. The van der Waals surface area contributed by atoms with Crippen LogP contribution in [-0.2, 0) is 16.1 Å². The number of carbonyl (C=O) groups is 2. The molecule has 2 aromatic carbocycles. The topological polar surface area (TPSA) is 54.3 Å². The number of fused-ring (bicyclic) bond motifs is 1. The zero-order valence-electron chi connectivity index (χ0n) is 18.1. The van der Waals surface area contributed by atoms with Crippen LogP contribution in [-0.4, -0.2) is 40.1 Å². The monoisotopic (exact) mass is 435 g/mol. The van der Waals surface area contributed by atoms with Crippen LogP contribution in [0.25, 0.3) is 10.9 Å². The van der Waals surface area contributed by atoms with Crippen molar-refractivity contribution in [2.45, 2.75) is 38.1 Å². The van der Waals surface area contributed by atoms with Crippen LogP contribution in [0.2, 0.25) is 0 Å². The number of hydrogen-bond donors (Lipinski definition) is 1. The minimum Gasteiger partial charge on any atom is -0.341 e. The maximum atomic E-state index is 12.9. The van der Waals surface area contributed by atoms with Crippen LogP contribution < -0.4 is 5.32 Å². The largest absolute Gasteiger partial charge is 0.341 e. The first-order valence-electron chi connectivity index (χ1n) is 10.8. The van der Waals surface area contributed by atoms with Crippen LogP contribution in [0.1, 0.15) is 25.3 Å². The van der Waals surface area contributed by atoms with E-state index in [9.17, 15) is 9.59 Å². The Kier molecular flexibility index (Phi) is 6.66. The molecule has 0 unspecified atom stereocenters. The molecule has 0 atom stereocenters. The van der Waals surface area contributed by atoms with Crippen LogP contribution in [0.15, 0.2) is 59.6 Å². The molecule has 0 saturated carbocycles. The van der Waals surface area contributed by atoms with Gasteiger partial charge in [0.15, 0.2) is 0 Å². The Labute approximate surface area is 187 Å². The molecule has 5 nitrogen and oxygen atoms in total. The predicted octanol–water partition coefficient (Wildman–Crippen LogP) is 4.94. The van der Waals surface area contributed by atoms with Crippen LogP contribution in [0.5, 0.6) is 0 Å². The third-order valence-corrected chi connectivity index (χ3v) is 7.01. The fraction of sp³-hybridized carbons (Fsp3) is 0.360. The van der Waals surface area contributed by atoms with Crippen molar-refractivity contribution in [3.63, 3.8) is 0 Å². The second kappa shape index (κ2) is 9.60. The molecule has 1 aliphatic rings. The van der Waals surface area contributed by atoms with Gasteiger partial charge in [-0.1, -0.05) is 43.3 Å². The molecular formula is C25H29N3O2S. The van der Waals surface area contributed by atoms with Crippen molar-refractivity contribution in [3.8, 4) is 0 Å². The summed E-state index contributed by atoms with van der Waals surface area (Å²) < 4.78 is 2.03. The van der Waals surface area contributed by atoms with Crippen molar-refractivity contribution < 1.29 is 9.59 Å². The quantitative estimate of drug-likeness (QED) is 0.558. The van der Waals surface area contributed by atoms with Gasteiger partial charge in [0.1, 0.15) is 6.54 Å². The molecule has 6 heteroatoms. The summed E-state index contributed by atoms with van der Waals surface area (Å²) in [6, 6.07) is 15.9. The highest BCUT2D eigenvalue weighted by Gasteiger charge is 2.21. The van der Waals surface area contributed by atoms with E-state index in [0.29, 0.717) is 18.2 Å². The number of benzene rings is 2. The van der Waals surface area contributed by atoms with E-state index >= 15 is 0 Å². The van der Waals surface area contributed by atoms with Gasteiger partial charge in [0.25, 0.3) is 0 Å². The van der Waals surface area contributed by atoms with Crippen molar-refractivity contribution >= 4 is 40.2 Å². The normalized spacial score (nSPS) is 14.7. The lowest BCUT2D eigenvalue weighted by Gasteiger charge is -2.30. The van der Waals surface area contributed by atoms with Gasteiger partial charge in [0.05, 0.1) is 5.75 Å². The lowest BCUT2D eigenvalue weighted by molar-refractivity contribution is -0.133. The molecular weight excluding hydrogens is 406 g/mol. The van der Waals surface area contributed by atoms with Gasteiger partial charge in [0, 0.05) is 40.8 Å². The number of nitrogens with one attached hydrogen (secondary N) is 1. The summed E-state index contributed by atoms with van der Waals surface area (Å²) in [5.74, 6) is 1.15. The molecule has 2 heterocycles. The van der Waals surface area contributed by atoms with E-state index in [-0.39, 0.29) is 11.8 Å². The number of rotatable bonds is 6. The summed E-state index contributed by atoms with van der Waals surface area (Å²) in [6.07, 6.45) is 4.17. The first kappa shape index (κ1) is 21.5. The maximum Gasteiger partial charge on any atom is 0.242 e. The van der Waals surface area contributed by atoms with Crippen molar-refractivity contribution in [2.75, 3.05) is 24.2 Å². The Morgan fingerprint density at radius 2 is 1.77 bits per heavy atom. The number of nitrogens with zero attached hydrogens (tertiary/aromatic N) is 2. The smallest absolute Gasteiger partial charge is 0.242 e. The number of likely N-dealkylation sites (tertiary alicyclic amines) is 1. The van der Waals surface area contributed by atoms with E-state index in [1.165, 1.54) is 11.8 Å². The van der Waals surface area contributed by atoms with E-state index in [1.54, 1.807) is 0 Å². The number of para-hydroxylation sites is 2. The second-order valence-electron chi connectivity index (χ2n) is 8.35. The molecule has 0 bridgehead atoms. The van der Waals surface area contributed by atoms with Crippen molar-refractivity contribution in [1.29, 1.82) is 0 Å². The second-order valence-corrected chi connectivity index (χ2v) is 9.37. The number of anilines is 1. The SMILES string of the molecule is Cc1ccccc1NC(=O)CSc1cn(CC(=O)N2CCC(C)CC2)c2ccccc12. The molecule has 4 rings (SSSR count). The molecule has 1 fully saturated rings. The summed E-state index contributed by atoms with van der Waals surface area (Å²) in [5.41, 5.74) is 2.92. The molecule has 0 spiro atoms. The highest BCUT2D eigenvalue weighted by Crippen LogP contribution is 2.30. The third-order valence-electron chi connectivity index (χ3n) is 5.97. The Hall–Kier alpha value is -2.73. The van der Waals surface area contributed by atoms with E-state index in [4.69, 9.17) is 0 Å². The highest BCUT2D eigenvalue weighted by atomic mass is 32.2. The Morgan fingerprint density at radius 3 is 2.55 bits per heavy atom. The summed E-state index contributed by atoms with van der Waals surface area (Å²) in [7, 11) is 0. The Balaban J connectivity index is 1.44. The lowest BCUT2D eigenvalue weighted by atomic mass is 9.99. The van der Waals surface area contributed by atoms with Gasteiger partial charge in [-0.25, -0.2) is 0 Å². The number of carbonyl (C=O) groups excluding carboxylic acids is 2. The summed E-state index contributed by atoms with van der Waals surface area (Å²) >= 11 is 1.51. The van der Waals surface area contributed by atoms with E-state index < -0.39 is 0 Å². The number of piperidine rings is 1. The fourth-order valence-corrected chi connectivity index (χ4v) is 4.89. The zero-order valence-corrected chi connectivity index (χ0v) is 19.0. The summed E-state index contributed by atoms with van der Waals surface area (Å²) in [5, 5.41) is 4.07. The minimum absolute atomic E-state index is 0.0327. The van der Waals surface area contributed by atoms with Crippen LogP contribution in [0.4, 0.5) is 5.69 Å². The van der Waals surface area contributed by atoms with Crippen LogP contribution in [0, 0.1) is 12.8 Å². The molecule has 1 aromatic heterocycles. The van der Waals surface area contributed by atoms with Gasteiger partial charge in [0.2, 0.25) is 11.8 Å². The molecule has 1 saturated heterocycles. The van der Waals surface area contributed by atoms with E-state index in [2.05, 4.69) is 18.3 Å². The standard InChI is InChI=1S/C25H29N3O2S/c1-18-11-13-27(14-12-18)25(30)16-28-15-23(20-8-4-6-10-22(20)28)31-17-24(29)26-21-9-5-3-7-19(21)2/h3-10,15,18H,11-14,16-17H2,1-2H3,(H,26,29). The van der Waals surface area contributed by atoms with Gasteiger partial charge in [-0.15, -0.1) is 11.8 Å². The molecule has 2 amide bonds. The molecule has 0 aliphatic carbocycles. The predicted molar refractivity (Wildman–Crippen MR) is 127 cm³/mol. The lowest BCUT2D eigenvalue weighted by Crippen LogP contribution is -2.39. The minimum atomic E-state index is -0.0327. The highest BCUT2D eigenvalue weighted by molar-refractivity contribution is 8.00. The molecule has 0 radical (unpaired) electrons. The molecule has 1 N–H and O–H groups in total. The number of aromatic nitrogens is 1. The number of amides is 2. The number of hydrogen-bond acceptors (Lipinski definition) is 3. The molecule has 3 aromatic rings. The average Bonchev–Trinajstić information content (AvgIpc) is 3.12. The third kappa shape index (κ3) is 5.13. The zero-order chi connectivity index (χ0) is 21.8. The average molecular weight is 436 g/mol. The van der Waals surface area contributed by atoms with E-state index in [1.807, 2.05) is 65.1 Å².